The van der Waals surface area contributed by atoms with Crippen molar-refractivity contribution in [2.75, 3.05) is 7.11 Å². The molecule has 0 N–H and O–H groups in total. The van der Waals surface area contributed by atoms with Gasteiger partial charge in [-0.2, -0.15) is 0 Å². The van der Waals surface area contributed by atoms with Gasteiger partial charge in [0.05, 0.1) is 7.11 Å². The minimum absolute atomic E-state index is 0.244. The van der Waals surface area contributed by atoms with E-state index in [2.05, 4.69) is 4.98 Å². The fourth-order valence-corrected chi connectivity index (χ4v) is 1.43. The van der Waals surface area contributed by atoms with E-state index in [1.165, 1.54) is 13.2 Å². The number of aromatic nitrogens is 1. The Kier molecular flexibility index (Phi) is 3.40. The van der Waals surface area contributed by atoms with Crippen molar-refractivity contribution >= 4 is 22.6 Å². The van der Waals surface area contributed by atoms with Crippen LogP contribution < -0.4 is 4.74 Å². The highest BCUT2D eigenvalue weighted by Gasteiger charge is 2.14. The van der Waals surface area contributed by atoms with E-state index in [0.717, 1.165) is 9.13 Å². The Morgan fingerprint density at radius 2 is 2.15 bits per heavy atom. The van der Waals surface area contributed by atoms with Crippen LogP contribution in [0.4, 0.5) is 8.78 Å². The monoisotopic (exact) mass is 299 g/mol. The molecule has 0 fully saturated rings. The smallest absolute Gasteiger partial charge is 0.280 e. The average molecular weight is 299 g/mol. The van der Waals surface area contributed by atoms with E-state index in [1.807, 2.05) is 22.6 Å². The largest absolute Gasteiger partial charge is 0.481 e. The molecule has 5 heteroatoms. The lowest BCUT2D eigenvalue weighted by Crippen LogP contribution is -1.99. The zero-order chi connectivity index (χ0) is 10.0. The first kappa shape index (κ1) is 10.6. The summed E-state index contributed by atoms with van der Waals surface area (Å²) in [5.74, 6) is 0.266. The summed E-state index contributed by atoms with van der Waals surface area (Å²) in [6, 6.07) is 1.36. The van der Waals surface area contributed by atoms with Gasteiger partial charge in [-0.15, -0.1) is 0 Å². The lowest BCUT2D eigenvalue weighted by molar-refractivity contribution is 0.145. The molecule has 0 unspecified atom stereocenters. The summed E-state index contributed by atoms with van der Waals surface area (Å²) in [4.78, 5) is 3.67. The quantitative estimate of drug-likeness (QED) is 0.783. The van der Waals surface area contributed by atoms with E-state index in [4.69, 9.17) is 4.74 Å². The van der Waals surface area contributed by atoms with Crippen LogP contribution in [0, 0.1) is 10.5 Å². The van der Waals surface area contributed by atoms with Crippen molar-refractivity contribution in [3.05, 3.63) is 20.9 Å². The van der Waals surface area contributed by atoms with Gasteiger partial charge in [0.1, 0.15) is 5.69 Å². The molecule has 0 saturated heterocycles. The Morgan fingerprint density at radius 3 is 2.62 bits per heavy atom. The maximum atomic E-state index is 12.3. The predicted molar refractivity (Wildman–Crippen MR) is 53.2 cm³/mol. The summed E-state index contributed by atoms with van der Waals surface area (Å²) in [6.07, 6.45) is -2.55. The van der Waals surface area contributed by atoms with Crippen molar-refractivity contribution in [2.45, 2.75) is 13.3 Å². The van der Waals surface area contributed by atoms with Gasteiger partial charge in [-0.1, -0.05) is 0 Å². The first-order chi connectivity index (χ1) is 6.06. The number of hydrogen-bond acceptors (Lipinski definition) is 2. The molecule has 1 rings (SSSR count). The van der Waals surface area contributed by atoms with Gasteiger partial charge in [0.15, 0.2) is 0 Å². The van der Waals surface area contributed by atoms with Gasteiger partial charge in [0, 0.05) is 9.13 Å². The minimum atomic E-state index is -2.55. The molecule has 1 aromatic heterocycles. The second-order valence-electron chi connectivity index (χ2n) is 2.46. The molecule has 0 spiro atoms. The second kappa shape index (κ2) is 4.17. The predicted octanol–water partition coefficient (Wildman–Crippen LogP) is 2.94. The Morgan fingerprint density at radius 1 is 1.54 bits per heavy atom. The molecular formula is C8H8F2INO. The minimum Gasteiger partial charge on any atom is -0.481 e. The van der Waals surface area contributed by atoms with Crippen molar-refractivity contribution in [1.29, 1.82) is 0 Å². The van der Waals surface area contributed by atoms with Crippen LogP contribution in [0.5, 0.6) is 5.88 Å². The molecule has 0 aliphatic rings. The number of alkyl halides is 2. The number of hydrogen-bond donors (Lipinski definition) is 0. The van der Waals surface area contributed by atoms with Crippen molar-refractivity contribution in [3.8, 4) is 5.88 Å². The molecule has 0 aliphatic heterocycles. The Balaban J connectivity index is 3.22. The van der Waals surface area contributed by atoms with Gasteiger partial charge in [-0.3, -0.25) is 0 Å². The van der Waals surface area contributed by atoms with E-state index in [-0.39, 0.29) is 11.6 Å². The average Bonchev–Trinajstić information content (AvgIpc) is 2.09. The number of pyridine rings is 1. The summed E-state index contributed by atoms with van der Waals surface area (Å²) in [5, 5.41) is 0. The number of rotatable bonds is 2. The molecule has 0 bridgehead atoms. The van der Waals surface area contributed by atoms with Crippen LogP contribution >= 0.6 is 22.6 Å². The fourth-order valence-electron chi connectivity index (χ4n) is 0.884. The van der Waals surface area contributed by atoms with Crippen LogP contribution in [-0.2, 0) is 0 Å². The highest BCUT2D eigenvalue weighted by atomic mass is 127. The van der Waals surface area contributed by atoms with Crippen LogP contribution in [-0.4, -0.2) is 12.1 Å². The summed E-state index contributed by atoms with van der Waals surface area (Å²) < 4.78 is 30.2. The topological polar surface area (TPSA) is 22.1 Å². The van der Waals surface area contributed by atoms with Crippen molar-refractivity contribution in [1.82, 2.24) is 4.98 Å². The van der Waals surface area contributed by atoms with Crippen LogP contribution in [0.3, 0.4) is 0 Å². The van der Waals surface area contributed by atoms with Gasteiger partial charge in [-0.05, 0) is 35.6 Å². The molecule has 72 valence electrons. The third kappa shape index (κ3) is 2.26. The van der Waals surface area contributed by atoms with E-state index in [9.17, 15) is 8.78 Å². The van der Waals surface area contributed by atoms with E-state index in [1.54, 1.807) is 6.92 Å². The highest BCUT2D eigenvalue weighted by Crippen LogP contribution is 2.26. The first-order valence-electron chi connectivity index (χ1n) is 3.55. The number of nitrogens with zero attached hydrogens (tertiary/aromatic N) is 1. The summed E-state index contributed by atoms with van der Waals surface area (Å²) in [6.45, 7) is 1.78. The van der Waals surface area contributed by atoms with Crippen LogP contribution in [0.25, 0.3) is 0 Å². The standard InChI is InChI=1S/C8H8F2INO/c1-4-5(11)3-6(7(9)10)12-8(4)13-2/h3,7H,1-2H3. The molecule has 0 saturated carbocycles. The van der Waals surface area contributed by atoms with Crippen molar-refractivity contribution in [3.63, 3.8) is 0 Å². The van der Waals surface area contributed by atoms with Crippen LogP contribution in [0.1, 0.15) is 17.7 Å². The first-order valence-corrected chi connectivity index (χ1v) is 4.63. The van der Waals surface area contributed by atoms with Crippen LogP contribution in [0.15, 0.2) is 6.07 Å². The fraction of sp³-hybridized carbons (Fsp3) is 0.375. The Labute approximate surface area is 88.5 Å². The Hall–Kier alpha value is -0.460. The van der Waals surface area contributed by atoms with E-state index >= 15 is 0 Å². The highest BCUT2D eigenvalue weighted by molar-refractivity contribution is 14.1. The van der Waals surface area contributed by atoms with Gasteiger partial charge < -0.3 is 4.74 Å². The lowest BCUT2D eigenvalue weighted by atomic mass is 10.2. The molecule has 0 amide bonds. The van der Waals surface area contributed by atoms with Gasteiger partial charge in [0.2, 0.25) is 5.88 Å². The number of ether oxygens (including phenoxy) is 1. The summed E-state index contributed by atoms with van der Waals surface area (Å²) in [7, 11) is 1.42. The summed E-state index contributed by atoms with van der Waals surface area (Å²) >= 11 is 1.98. The van der Waals surface area contributed by atoms with Gasteiger partial charge >= 0.3 is 0 Å². The maximum absolute atomic E-state index is 12.3. The summed E-state index contributed by atoms with van der Waals surface area (Å²) in [5.41, 5.74) is 0.541. The third-order valence-corrected chi connectivity index (χ3v) is 2.72. The molecule has 1 aromatic rings. The normalized spacial score (nSPS) is 10.6. The molecular weight excluding hydrogens is 291 g/mol. The molecule has 2 nitrogen and oxygen atoms in total. The molecule has 0 aromatic carbocycles. The molecule has 13 heavy (non-hydrogen) atoms. The third-order valence-electron chi connectivity index (χ3n) is 1.60. The zero-order valence-electron chi connectivity index (χ0n) is 7.14. The van der Waals surface area contributed by atoms with E-state index < -0.39 is 6.43 Å². The maximum Gasteiger partial charge on any atom is 0.280 e. The molecule has 0 atom stereocenters. The van der Waals surface area contributed by atoms with E-state index in [0.29, 0.717) is 0 Å². The Bertz CT molecular complexity index is 317. The van der Waals surface area contributed by atoms with Crippen LogP contribution in [0.2, 0.25) is 0 Å². The number of methoxy groups -OCH3 is 1. The molecule has 0 radical (unpaired) electrons. The lowest BCUT2D eigenvalue weighted by Gasteiger charge is -2.07. The molecule has 1 heterocycles. The number of halogens is 3. The SMILES string of the molecule is COc1nc(C(F)F)cc(I)c1C. The second-order valence-corrected chi connectivity index (χ2v) is 3.63. The van der Waals surface area contributed by atoms with Gasteiger partial charge in [0.25, 0.3) is 6.43 Å². The zero-order valence-corrected chi connectivity index (χ0v) is 9.30. The van der Waals surface area contributed by atoms with Crippen molar-refractivity contribution < 1.29 is 13.5 Å². The molecule has 0 aliphatic carbocycles. The van der Waals surface area contributed by atoms with Gasteiger partial charge in [-0.25, -0.2) is 13.8 Å². The van der Waals surface area contributed by atoms with Crippen molar-refractivity contribution in [2.24, 2.45) is 0 Å².